The summed E-state index contributed by atoms with van der Waals surface area (Å²) in [6.45, 7) is 4.36. The Kier molecular flexibility index (Phi) is 5.14. The Morgan fingerprint density at radius 3 is 2.83 bits per heavy atom. The van der Waals surface area contributed by atoms with Crippen LogP contribution in [0.2, 0.25) is 0 Å². The highest BCUT2D eigenvalue weighted by Gasteiger charge is 2.22. The van der Waals surface area contributed by atoms with E-state index in [0.29, 0.717) is 12.2 Å². The van der Waals surface area contributed by atoms with Crippen LogP contribution in [-0.2, 0) is 4.74 Å². The van der Waals surface area contributed by atoms with E-state index in [1.165, 1.54) is 18.9 Å². The van der Waals surface area contributed by atoms with Crippen molar-refractivity contribution in [2.75, 3.05) is 19.8 Å². The van der Waals surface area contributed by atoms with Crippen LogP contribution in [0, 0.1) is 11.7 Å². The van der Waals surface area contributed by atoms with Crippen LogP contribution in [0.4, 0.5) is 4.39 Å². The Morgan fingerprint density at radius 2 is 2.17 bits per heavy atom. The van der Waals surface area contributed by atoms with Crippen LogP contribution >= 0.6 is 0 Å². The minimum Gasteiger partial charge on any atom is -0.379 e. The van der Waals surface area contributed by atoms with Crippen LogP contribution in [-0.4, -0.2) is 19.8 Å². The zero-order valence-electron chi connectivity index (χ0n) is 11.0. The van der Waals surface area contributed by atoms with Crippen molar-refractivity contribution in [1.29, 1.82) is 0 Å². The van der Waals surface area contributed by atoms with Crippen molar-refractivity contribution < 1.29 is 9.13 Å². The number of benzene rings is 1. The van der Waals surface area contributed by atoms with Crippen molar-refractivity contribution >= 4 is 0 Å². The zero-order chi connectivity index (χ0) is 12.8. The van der Waals surface area contributed by atoms with Crippen LogP contribution in [0.1, 0.15) is 37.8 Å². The third-order valence-electron chi connectivity index (χ3n) is 3.26. The van der Waals surface area contributed by atoms with Crippen molar-refractivity contribution in [2.45, 2.75) is 32.2 Å². The van der Waals surface area contributed by atoms with E-state index in [4.69, 9.17) is 4.74 Å². The Hall–Kier alpha value is -0.930. The molecule has 1 fully saturated rings. The number of rotatable bonds is 8. The molecule has 0 saturated heterocycles. The summed E-state index contributed by atoms with van der Waals surface area (Å²) in [5, 5.41) is 3.36. The van der Waals surface area contributed by atoms with Crippen LogP contribution in [0.15, 0.2) is 24.3 Å². The molecular weight excluding hydrogens is 229 g/mol. The minimum atomic E-state index is -0.152. The lowest BCUT2D eigenvalue weighted by Gasteiger charge is -2.19. The van der Waals surface area contributed by atoms with Gasteiger partial charge < -0.3 is 10.1 Å². The van der Waals surface area contributed by atoms with Crippen LogP contribution in [0.3, 0.4) is 0 Å². The van der Waals surface area contributed by atoms with Crippen LogP contribution < -0.4 is 5.32 Å². The number of halogens is 1. The van der Waals surface area contributed by atoms with E-state index in [-0.39, 0.29) is 11.9 Å². The summed E-state index contributed by atoms with van der Waals surface area (Å²) in [6.07, 6.45) is 3.60. The third-order valence-corrected chi connectivity index (χ3v) is 3.26. The summed E-state index contributed by atoms with van der Waals surface area (Å²) < 4.78 is 19.5. The summed E-state index contributed by atoms with van der Waals surface area (Å²) in [4.78, 5) is 0. The normalized spacial score (nSPS) is 16.8. The Balaban J connectivity index is 1.91. The summed E-state index contributed by atoms with van der Waals surface area (Å²) >= 11 is 0. The Bertz CT molecular complexity index is 365. The van der Waals surface area contributed by atoms with E-state index >= 15 is 0 Å². The van der Waals surface area contributed by atoms with E-state index in [2.05, 4.69) is 12.2 Å². The maximum absolute atomic E-state index is 13.8. The van der Waals surface area contributed by atoms with Gasteiger partial charge in [-0.2, -0.15) is 0 Å². The lowest BCUT2D eigenvalue weighted by Crippen LogP contribution is -2.27. The Morgan fingerprint density at radius 1 is 1.39 bits per heavy atom. The summed E-state index contributed by atoms with van der Waals surface area (Å²) in [5.41, 5.74) is 0.710. The summed E-state index contributed by atoms with van der Waals surface area (Å²) in [5.74, 6) is 0.596. The van der Waals surface area contributed by atoms with Gasteiger partial charge in [-0.05, 0) is 37.8 Å². The standard InChI is InChI=1S/C15H22FNO/c1-2-9-17-15(11-18-10-12-7-8-12)13-5-3-4-6-14(13)16/h3-6,12,15,17H,2,7-11H2,1H3. The van der Waals surface area contributed by atoms with E-state index in [1.807, 2.05) is 12.1 Å². The van der Waals surface area contributed by atoms with Gasteiger partial charge in [0.1, 0.15) is 5.82 Å². The van der Waals surface area contributed by atoms with Gasteiger partial charge >= 0.3 is 0 Å². The largest absolute Gasteiger partial charge is 0.379 e. The highest BCUT2D eigenvalue weighted by Crippen LogP contribution is 2.29. The van der Waals surface area contributed by atoms with E-state index in [1.54, 1.807) is 6.07 Å². The SMILES string of the molecule is CCCNC(COCC1CC1)c1ccccc1F. The lowest BCUT2D eigenvalue weighted by molar-refractivity contribution is 0.102. The Labute approximate surface area is 109 Å². The van der Waals surface area contributed by atoms with Crippen molar-refractivity contribution in [2.24, 2.45) is 5.92 Å². The molecule has 1 saturated carbocycles. The van der Waals surface area contributed by atoms with Gasteiger partial charge in [0.2, 0.25) is 0 Å². The minimum absolute atomic E-state index is 0.0371. The predicted molar refractivity (Wildman–Crippen MR) is 71.0 cm³/mol. The molecule has 0 aromatic heterocycles. The second-order valence-electron chi connectivity index (χ2n) is 5.01. The molecule has 1 N–H and O–H groups in total. The van der Waals surface area contributed by atoms with E-state index in [9.17, 15) is 4.39 Å². The molecule has 1 aromatic rings. The molecule has 2 rings (SSSR count). The monoisotopic (exact) mass is 251 g/mol. The van der Waals surface area contributed by atoms with Gasteiger partial charge in [-0.1, -0.05) is 25.1 Å². The van der Waals surface area contributed by atoms with E-state index in [0.717, 1.165) is 25.5 Å². The molecule has 0 spiro atoms. The maximum atomic E-state index is 13.8. The van der Waals surface area contributed by atoms with Gasteiger partial charge in [0.25, 0.3) is 0 Å². The van der Waals surface area contributed by atoms with Crippen LogP contribution in [0.5, 0.6) is 0 Å². The van der Waals surface area contributed by atoms with Gasteiger partial charge in [0.15, 0.2) is 0 Å². The average molecular weight is 251 g/mol. The molecule has 1 aromatic carbocycles. The highest BCUT2D eigenvalue weighted by molar-refractivity contribution is 5.21. The third kappa shape index (κ3) is 4.07. The lowest BCUT2D eigenvalue weighted by atomic mass is 10.1. The molecular formula is C15H22FNO. The number of hydrogen-bond donors (Lipinski definition) is 1. The fraction of sp³-hybridized carbons (Fsp3) is 0.600. The molecule has 1 unspecified atom stereocenters. The molecule has 3 heteroatoms. The molecule has 1 atom stereocenters. The van der Waals surface area contributed by atoms with Crippen LogP contribution in [0.25, 0.3) is 0 Å². The molecule has 100 valence electrons. The fourth-order valence-electron chi connectivity index (χ4n) is 1.97. The van der Waals surface area contributed by atoms with Crippen molar-refractivity contribution in [3.63, 3.8) is 0 Å². The first-order valence-corrected chi connectivity index (χ1v) is 6.86. The zero-order valence-corrected chi connectivity index (χ0v) is 11.0. The molecule has 1 aliphatic carbocycles. The second kappa shape index (κ2) is 6.86. The first kappa shape index (κ1) is 13.5. The van der Waals surface area contributed by atoms with Gasteiger partial charge in [-0.15, -0.1) is 0 Å². The highest BCUT2D eigenvalue weighted by atomic mass is 19.1. The molecule has 18 heavy (non-hydrogen) atoms. The number of nitrogens with one attached hydrogen (secondary N) is 1. The van der Waals surface area contributed by atoms with Gasteiger partial charge in [0.05, 0.1) is 12.6 Å². The molecule has 0 bridgehead atoms. The van der Waals surface area contributed by atoms with Crippen molar-refractivity contribution in [3.05, 3.63) is 35.6 Å². The summed E-state index contributed by atoms with van der Waals surface area (Å²) in [7, 11) is 0. The molecule has 1 aliphatic rings. The van der Waals surface area contributed by atoms with Gasteiger partial charge in [-0.25, -0.2) is 4.39 Å². The molecule has 0 heterocycles. The smallest absolute Gasteiger partial charge is 0.128 e. The molecule has 0 aliphatic heterocycles. The first-order valence-electron chi connectivity index (χ1n) is 6.86. The number of ether oxygens (including phenoxy) is 1. The summed E-state index contributed by atoms with van der Waals surface area (Å²) in [6, 6.07) is 6.91. The average Bonchev–Trinajstić information content (AvgIpc) is 3.19. The van der Waals surface area contributed by atoms with Gasteiger partial charge in [0, 0.05) is 12.2 Å². The fourth-order valence-corrected chi connectivity index (χ4v) is 1.97. The van der Waals surface area contributed by atoms with E-state index < -0.39 is 0 Å². The number of hydrogen-bond acceptors (Lipinski definition) is 2. The first-order chi connectivity index (χ1) is 8.81. The van der Waals surface area contributed by atoms with Crippen molar-refractivity contribution in [3.8, 4) is 0 Å². The molecule has 0 radical (unpaired) electrons. The second-order valence-corrected chi connectivity index (χ2v) is 5.01. The maximum Gasteiger partial charge on any atom is 0.128 e. The van der Waals surface area contributed by atoms with Crippen molar-refractivity contribution in [1.82, 2.24) is 5.32 Å². The quantitative estimate of drug-likeness (QED) is 0.765. The molecule has 0 amide bonds. The molecule has 2 nitrogen and oxygen atoms in total. The topological polar surface area (TPSA) is 21.3 Å². The van der Waals surface area contributed by atoms with Gasteiger partial charge in [-0.3, -0.25) is 0 Å². The predicted octanol–water partition coefficient (Wildman–Crippen LogP) is 3.29.